The fraction of sp³-hybridized carbons (Fsp3) is 0.529. The summed E-state index contributed by atoms with van der Waals surface area (Å²) in [6.45, 7) is 5.83. The number of aromatic nitrogens is 4. The van der Waals surface area contributed by atoms with Crippen molar-refractivity contribution in [2.75, 3.05) is 13.1 Å². The number of aromatic amines is 1. The molecule has 1 N–H and O–H groups in total. The number of piperidine rings is 1. The summed E-state index contributed by atoms with van der Waals surface area (Å²) in [5, 5.41) is 11.5. The first-order chi connectivity index (χ1) is 11.6. The fourth-order valence-electron chi connectivity index (χ4n) is 3.15. The number of hydrogen-bond acceptors (Lipinski definition) is 4. The second-order valence-corrected chi connectivity index (χ2v) is 6.35. The third kappa shape index (κ3) is 3.39. The van der Waals surface area contributed by atoms with Crippen LogP contribution >= 0.6 is 0 Å². The first kappa shape index (κ1) is 16.4. The van der Waals surface area contributed by atoms with E-state index in [4.69, 9.17) is 0 Å². The summed E-state index contributed by atoms with van der Waals surface area (Å²) in [7, 11) is 0. The van der Waals surface area contributed by atoms with Crippen LogP contribution in [0.4, 0.5) is 0 Å². The normalized spacial score (nSPS) is 17.9. The number of H-pyrrole nitrogens is 1. The lowest BCUT2D eigenvalue weighted by molar-refractivity contribution is 0.0697. The molecule has 0 spiro atoms. The molecule has 0 unspecified atom stereocenters. The van der Waals surface area contributed by atoms with E-state index in [0.29, 0.717) is 25.3 Å². The summed E-state index contributed by atoms with van der Waals surface area (Å²) < 4.78 is 1.37. The van der Waals surface area contributed by atoms with Gasteiger partial charge in [0.25, 0.3) is 11.5 Å². The lowest BCUT2D eigenvalue weighted by Crippen LogP contribution is -2.40. The smallest absolute Gasteiger partial charge is 0.274 e. The Morgan fingerprint density at radius 1 is 1.42 bits per heavy atom. The maximum Gasteiger partial charge on any atom is 0.274 e. The van der Waals surface area contributed by atoms with E-state index in [2.05, 4.69) is 15.3 Å². The van der Waals surface area contributed by atoms with Gasteiger partial charge in [0.2, 0.25) is 0 Å². The Morgan fingerprint density at radius 2 is 2.25 bits per heavy atom. The molecule has 3 heterocycles. The van der Waals surface area contributed by atoms with E-state index in [1.807, 2.05) is 24.8 Å². The number of aryl methyl sites for hydroxylation is 2. The first-order valence-corrected chi connectivity index (χ1v) is 8.48. The van der Waals surface area contributed by atoms with E-state index in [-0.39, 0.29) is 17.4 Å². The number of hydrogen-bond donors (Lipinski definition) is 1. The molecule has 0 saturated carbocycles. The second-order valence-electron chi connectivity index (χ2n) is 6.35. The molecule has 128 valence electrons. The topological polar surface area (TPSA) is 83.9 Å². The Labute approximate surface area is 140 Å². The minimum absolute atomic E-state index is 0.114. The molecule has 0 aliphatic carbocycles. The van der Waals surface area contributed by atoms with Gasteiger partial charge in [0, 0.05) is 37.3 Å². The quantitative estimate of drug-likeness (QED) is 0.925. The maximum absolute atomic E-state index is 12.8. The van der Waals surface area contributed by atoms with E-state index in [1.54, 1.807) is 0 Å². The number of nitrogens with zero attached hydrogens (tertiary/aromatic N) is 4. The van der Waals surface area contributed by atoms with Crippen molar-refractivity contribution in [2.24, 2.45) is 0 Å². The van der Waals surface area contributed by atoms with E-state index >= 15 is 0 Å². The van der Waals surface area contributed by atoms with Crippen LogP contribution in [0.5, 0.6) is 0 Å². The Bertz CT molecular complexity index is 779. The molecule has 1 fully saturated rings. The van der Waals surface area contributed by atoms with Crippen LogP contribution in [0.2, 0.25) is 0 Å². The number of carbonyl (C=O) groups is 1. The van der Waals surface area contributed by atoms with Gasteiger partial charge in [0.1, 0.15) is 5.69 Å². The summed E-state index contributed by atoms with van der Waals surface area (Å²) in [6, 6.07) is 4.99. The van der Waals surface area contributed by atoms with Crippen molar-refractivity contribution < 1.29 is 4.79 Å². The van der Waals surface area contributed by atoms with Crippen LogP contribution in [-0.2, 0) is 6.54 Å². The first-order valence-electron chi connectivity index (χ1n) is 8.48. The van der Waals surface area contributed by atoms with Gasteiger partial charge in [-0.05, 0) is 38.3 Å². The minimum Gasteiger partial charge on any atom is -0.337 e. The average Bonchev–Trinajstić information content (AvgIpc) is 3.03. The highest BCUT2D eigenvalue weighted by molar-refractivity contribution is 5.92. The van der Waals surface area contributed by atoms with Crippen molar-refractivity contribution in [1.29, 1.82) is 0 Å². The Kier molecular flexibility index (Phi) is 4.78. The summed E-state index contributed by atoms with van der Waals surface area (Å²) in [5.74, 6) is 0.131. The van der Waals surface area contributed by atoms with Crippen LogP contribution in [0.3, 0.4) is 0 Å². The van der Waals surface area contributed by atoms with Crippen molar-refractivity contribution in [3.05, 3.63) is 45.6 Å². The van der Waals surface area contributed by atoms with Crippen molar-refractivity contribution in [1.82, 2.24) is 24.9 Å². The summed E-state index contributed by atoms with van der Waals surface area (Å²) in [6.07, 6.45) is 2.77. The molecule has 1 atom stereocenters. The zero-order valence-electron chi connectivity index (χ0n) is 14.2. The van der Waals surface area contributed by atoms with Crippen LogP contribution in [0.1, 0.15) is 54.0 Å². The predicted octanol–water partition coefficient (Wildman–Crippen LogP) is 1.70. The van der Waals surface area contributed by atoms with Crippen LogP contribution in [0.25, 0.3) is 0 Å². The van der Waals surface area contributed by atoms with E-state index < -0.39 is 0 Å². The maximum atomic E-state index is 12.8. The fourth-order valence-corrected chi connectivity index (χ4v) is 3.15. The molecule has 1 amide bonds. The highest BCUT2D eigenvalue weighted by atomic mass is 16.2. The third-order valence-electron chi connectivity index (χ3n) is 4.37. The third-order valence-corrected chi connectivity index (χ3v) is 4.37. The largest absolute Gasteiger partial charge is 0.337 e. The average molecular weight is 329 g/mol. The Balaban J connectivity index is 1.77. The van der Waals surface area contributed by atoms with Gasteiger partial charge in [-0.2, -0.15) is 10.2 Å². The van der Waals surface area contributed by atoms with Gasteiger partial charge in [0.05, 0.1) is 5.69 Å². The molecule has 1 aliphatic heterocycles. The number of nitrogens with one attached hydrogen (secondary N) is 1. The number of likely N-dealkylation sites (tertiary alicyclic amines) is 1. The highest BCUT2D eigenvalue weighted by Crippen LogP contribution is 2.26. The summed E-state index contributed by atoms with van der Waals surface area (Å²) in [5.41, 5.74) is 2.20. The van der Waals surface area contributed by atoms with Gasteiger partial charge >= 0.3 is 0 Å². The van der Waals surface area contributed by atoms with Crippen molar-refractivity contribution in [3.63, 3.8) is 0 Å². The van der Waals surface area contributed by atoms with E-state index in [9.17, 15) is 9.59 Å². The molecule has 0 radical (unpaired) electrons. The monoisotopic (exact) mass is 329 g/mol. The summed E-state index contributed by atoms with van der Waals surface area (Å²) >= 11 is 0. The van der Waals surface area contributed by atoms with E-state index in [1.165, 1.54) is 16.8 Å². The highest BCUT2D eigenvalue weighted by Gasteiger charge is 2.27. The molecule has 2 aromatic heterocycles. The zero-order chi connectivity index (χ0) is 17.1. The molecular formula is C17H23N5O2. The van der Waals surface area contributed by atoms with Gasteiger partial charge < -0.3 is 4.90 Å². The SMILES string of the molecule is CCCn1nc(C(=O)N2CCC[C@@H](c3cc(C)[nH]n3)C2)ccc1=O. The van der Waals surface area contributed by atoms with Crippen LogP contribution < -0.4 is 5.56 Å². The molecule has 0 aromatic carbocycles. The van der Waals surface area contributed by atoms with Crippen LogP contribution in [0.15, 0.2) is 23.0 Å². The molecule has 0 bridgehead atoms. The summed E-state index contributed by atoms with van der Waals surface area (Å²) in [4.78, 5) is 26.4. The van der Waals surface area contributed by atoms with Gasteiger partial charge in [-0.15, -0.1) is 0 Å². The lowest BCUT2D eigenvalue weighted by Gasteiger charge is -2.31. The lowest BCUT2D eigenvalue weighted by atomic mass is 9.94. The van der Waals surface area contributed by atoms with Crippen molar-refractivity contribution >= 4 is 5.91 Å². The Hall–Kier alpha value is -2.44. The minimum atomic E-state index is -0.170. The van der Waals surface area contributed by atoms with Gasteiger partial charge in [-0.1, -0.05) is 6.92 Å². The van der Waals surface area contributed by atoms with Crippen LogP contribution in [-0.4, -0.2) is 43.9 Å². The molecule has 7 nitrogen and oxygen atoms in total. The molecule has 3 rings (SSSR count). The van der Waals surface area contributed by atoms with Gasteiger partial charge in [-0.3, -0.25) is 14.7 Å². The number of rotatable bonds is 4. The van der Waals surface area contributed by atoms with Crippen molar-refractivity contribution in [2.45, 2.75) is 45.6 Å². The standard InChI is InChI=1S/C17H23N5O2/c1-3-8-22-16(23)7-6-14(20-22)17(24)21-9-4-5-13(11-21)15-10-12(2)18-19-15/h6-7,10,13H,3-5,8-9,11H2,1-2H3,(H,18,19)/t13-/m1/s1. The van der Waals surface area contributed by atoms with Crippen molar-refractivity contribution in [3.8, 4) is 0 Å². The molecule has 2 aromatic rings. The number of amides is 1. The van der Waals surface area contributed by atoms with E-state index in [0.717, 1.165) is 30.7 Å². The van der Waals surface area contributed by atoms with Crippen LogP contribution in [0, 0.1) is 6.92 Å². The molecule has 1 aliphatic rings. The Morgan fingerprint density at radius 3 is 2.96 bits per heavy atom. The zero-order valence-corrected chi connectivity index (χ0v) is 14.2. The molecule has 1 saturated heterocycles. The predicted molar refractivity (Wildman–Crippen MR) is 90.0 cm³/mol. The molecular weight excluding hydrogens is 306 g/mol. The second kappa shape index (κ2) is 6.98. The van der Waals surface area contributed by atoms with Gasteiger partial charge in [0.15, 0.2) is 0 Å². The number of carbonyl (C=O) groups excluding carboxylic acids is 1. The molecule has 24 heavy (non-hydrogen) atoms. The van der Waals surface area contributed by atoms with Gasteiger partial charge in [-0.25, -0.2) is 4.68 Å². The molecule has 7 heteroatoms.